The maximum Gasteiger partial charge on any atom is 0.233 e. The highest BCUT2D eigenvalue weighted by Gasteiger charge is 1.98. The topological polar surface area (TPSA) is 59.0 Å². The van der Waals surface area contributed by atoms with Gasteiger partial charge < -0.3 is 10.6 Å². The molecule has 2 N–H and O–H groups in total. The summed E-state index contributed by atoms with van der Waals surface area (Å²) in [5.74, 6) is -0.0177. The fraction of sp³-hybridized carbons (Fsp3) is 0.500. The fourth-order valence-corrected chi connectivity index (χ4v) is 0.950. The summed E-state index contributed by atoms with van der Waals surface area (Å²) in [6.45, 7) is 0.946. The Hall–Kier alpha value is -1.36. The zero-order valence-electron chi connectivity index (χ0n) is 7.87. The van der Waals surface area contributed by atoms with Crippen molar-refractivity contribution in [2.45, 2.75) is 6.54 Å². The Kier molecular flexibility index (Phi) is 3.45. The zero-order valence-corrected chi connectivity index (χ0v) is 7.87. The second-order valence-electron chi connectivity index (χ2n) is 2.76. The summed E-state index contributed by atoms with van der Waals surface area (Å²) in [7, 11) is 3.48. The van der Waals surface area contributed by atoms with Crippen molar-refractivity contribution in [1.29, 1.82) is 0 Å². The Morgan fingerprint density at radius 3 is 3.00 bits per heavy atom. The molecule has 0 spiro atoms. The van der Waals surface area contributed by atoms with Gasteiger partial charge in [0.05, 0.1) is 12.2 Å². The molecule has 0 bridgehead atoms. The van der Waals surface area contributed by atoms with Crippen LogP contribution in [0.3, 0.4) is 0 Å². The largest absolute Gasteiger partial charge is 0.358 e. The first-order valence-electron chi connectivity index (χ1n) is 4.12. The molecule has 0 aliphatic carbocycles. The summed E-state index contributed by atoms with van der Waals surface area (Å²) in [6, 6.07) is 1.91. The highest BCUT2D eigenvalue weighted by molar-refractivity contribution is 5.77. The monoisotopic (exact) mass is 182 g/mol. The average molecular weight is 182 g/mol. The first-order valence-corrected chi connectivity index (χ1v) is 4.12. The molecule has 0 saturated heterocycles. The molecule has 0 aromatic carbocycles. The number of rotatable bonds is 4. The van der Waals surface area contributed by atoms with Crippen molar-refractivity contribution in [1.82, 2.24) is 20.4 Å². The summed E-state index contributed by atoms with van der Waals surface area (Å²) < 4.78 is 1.73. The number of aromatic nitrogens is 2. The number of likely N-dealkylation sites (N-methyl/N-ethyl adjacent to an activating group) is 1. The van der Waals surface area contributed by atoms with Gasteiger partial charge in [-0.05, 0) is 6.07 Å². The van der Waals surface area contributed by atoms with E-state index < -0.39 is 0 Å². The van der Waals surface area contributed by atoms with Gasteiger partial charge in [-0.2, -0.15) is 5.10 Å². The zero-order chi connectivity index (χ0) is 9.68. The Morgan fingerprint density at radius 2 is 2.46 bits per heavy atom. The SMILES string of the molecule is CNC(=O)CNCc1ccn(C)n1. The van der Waals surface area contributed by atoms with E-state index in [1.165, 1.54) is 0 Å². The Labute approximate surface area is 77.1 Å². The van der Waals surface area contributed by atoms with Crippen molar-refractivity contribution >= 4 is 5.91 Å². The van der Waals surface area contributed by atoms with E-state index in [1.54, 1.807) is 11.7 Å². The normalized spacial score (nSPS) is 10.0. The van der Waals surface area contributed by atoms with Crippen LogP contribution in [0.15, 0.2) is 12.3 Å². The van der Waals surface area contributed by atoms with Crippen LogP contribution in [0, 0.1) is 0 Å². The minimum absolute atomic E-state index is 0.0177. The number of amides is 1. The van der Waals surface area contributed by atoms with E-state index in [0.29, 0.717) is 13.1 Å². The van der Waals surface area contributed by atoms with Crippen molar-refractivity contribution < 1.29 is 4.79 Å². The van der Waals surface area contributed by atoms with E-state index in [9.17, 15) is 4.79 Å². The van der Waals surface area contributed by atoms with Gasteiger partial charge in [0.25, 0.3) is 0 Å². The molecule has 0 fully saturated rings. The molecule has 5 heteroatoms. The average Bonchev–Trinajstić information content (AvgIpc) is 2.51. The maximum absolute atomic E-state index is 10.8. The molecule has 1 aromatic rings. The predicted octanol–water partition coefficient (Wildman–Crippen LogP) is -0.744. The molecular weight excluding hydrogens is 168 g/mol. The lowest BCUT2D eigenvalue weighted by molar-refractivity contribution is -0.119. The molecule has 0 atom stereocenters. The number of nitrogens with zero attached hydrogens (tertiary/aromatic N) is 2. The molecule has 0 aliphatic rings. The standard InChI is InChI=1S/C8H14N4O/c1-9-8(13)6-10-5-7-3-4-12(2)11-7/h3-4,10H,5-6H2,1-2H3,(H,9,13). The third kappa shape index (κ3) is 3.25. The van der Waals surface area contributed by atoms with E-state index in [2.05, 4.69) is 15.7 Å². The smallest absolute Gasteiger partial charge is 0.233 e. The van der Waals surface area contributed by atoms with Crippen LogP contribution in [0.5, 0.6) is 0 Å². The van der Waals surface area contributed by atoms with Crippen molar-refractivity contribution in [2.24, 2.45) is 7.05 Å². The lowest BCUT2D eigenvalue weighted by atomic mass is 10.4. The van der Waals surface area contributed by atoms with E-state index in [0.717, 1.165) is 5.69 Å². The quantitative estimate of drug-likeness (QED) is 0.644. The van der Waals surface area contributed by atoms with Gasteiger partial charge in [0.1, 0.15) is 0 Å². The number of aryl methyl sites for hydroxylation is 1. The van der Waals surface area contributed by atoms with Crippen LogP contribution in [0.25, 0.3) is 0 Å². The minimum Gasteiger partial charge on any atom is -0.358 e. The third-order valence-corrected chi connectivity index (χ3v) is 1.64. The summed E-state index contributed by atoms with van der Waals surface area (Å²) in [5, 5.41) is 9.66. The fourth-order valence-electron chi connectivity index (χ4n) is 0.950. The summed E-state index contributed by atoms with van der Waals surface area (Å²) in [4.78, 5) is 10.8. The second-order valence-corrected chi connectivity index (χ2v) is 2.76. The van der Waals surface area contributed by atoms with E-state index in [-0.39, 0.29) is 5.91 Å². The highest BCUT2D eigenvalue weighted by atomic mass is 16.1. The molecule has 0 radical (unpaired) electrons. The van der Waals surface area contributed by atoms with Crippen LogP contribution in [0.4, 0.5) is 0 Å². The molecule has 0 aliphatic heterocycles. The van der Waals surface area contributed by atoms with Gasteiger partial charge in [-0.3, -0.25) is 9.48 Å². The maximum atomic E-state index is 10.8. The van der Waals surface area contributed by atoms with Gasteiger partial charge in [0.15, 0.2) is 0 Å². The van der Waals surface area contributed by atoms with E-state index in [1.807, 2.05) is 19.3 Å². The van der Waals surface area contributed by atoms with Gasteiger partial charge >= 0.3 is 0 Å². The molecule has 72 valence electrons. The van der Waals surface area contributed by atoms with E-state index in [4.69, 9.17) is 0 Å². The lowest BCUT2D eigenvalue weighted by Crippen LogP contribution is -2.31. The molecular formula is C8H14N4O. The Bertz CT molecular complexity index is 281. The van der Waals surface area contributed by atoms with Gasteiger partial charge in [0, 0.05) is 26.8 Å². The number of hydrogen-bond donors (Lipinski definition) is 2. The van der Waals surface area contributed by atoms with E-state index >= 15 is 0 Å². The van der Waals surface area contributed by atoms with Gasteiger partial charge in [-0.1, -0.05) is 0 Å². The molecule has 1 rings (SSSR count). The van der Waals surface area contributed by atoms with Gasteiger partial charge in [-0.25, -0.2) is 0 Å². The van der Waals surface area contributed by atoms with Crippen LogP contribution in [0.2, 0.25) is 0 Å². The van der Waals surface area contributed by atoms with Crippen molar-refractivity contribution in [2.75, 3.05) is 13.6 Å². The van der Waals surface area contributed by atoms with Crippen molar-refractivity contribution in [3.63, 3.8) is 0 Å². The third-order valence-electron chi connectivity index (χ3n) is 1.64. The summed E-state index contributed by atoms with van der Waals surface area (Å²) >= 11 is 0. The summed E-state index contributed by atoms with van der Waals surface area (Å²) in [5.41, 5.74) is 0.936. The summed E-state index contributed by atoms with van der Waals surface area (Å²) in [6.07, 6.45) is 1.87. The van der Waals surface area contributed by atoms with Gasteiger partial charge in [-0.15, -0.1) is 0 Å². The van der Waals surface area contributed by atoms with Crippen LogP contribution >= 0.6 is 0 Å². The van der Waals surface area contributed by atoms with Crippen LogP contribution in [-0.2, 0) is 18.4 Å². The molecule has 1 heterocycles. The number of carbonyl (C=O) groups is 1. The molecule has 13 heavy (non-hydrogen) atoms. The lowest BCUT2D eigenvalue weighted by Gasteiger charge is -2.00. The van der Waals surface area contributed by atoms with Crippen molar-refractivity contribution in [3.05, 3.63) is 18.0 Å². The number of carbonyl (C=O) groups excluding carboxylic acids is 1. The van der Waals surface area contributed by atoms with Crippen LogP contribution < -0.4 is 10.6 Å². The molecule has 0 unspecified atom stereocenters. The number of hydrogen-bond acceptors (Lipinski definition) is 3. The Balaban J connectivity index is 2.24. The second kappa shape index (κ2) is 4.61. The Morgan fingerprint density at radius 1 is 1.69 bits per heavy atom. The molecule has 5 nitrogen and oxygen atoms in total. The minimum atomic E-state index is -0.0177. The van der Waals surface area contributed by atoms with Crippen LogP contribution in [-0.4, -0.2) is 29.3 Å². The first kappa shape index (κ1) is 9.73. The van der Waals surface area contributed by atoms with Gasteiger partial charge in [0.2, 0.25) is 5.91 Å². The molecule has 1 amide bonds. The van der Waals surface area contributed by atoms with Crippen LogP contribution in [0.1, 0.15) is 5.69 Å². The molecule has 0 saturated carbocycles. The number of nitrogens with one attached hydrogen (secondary N) is 2. The highest BCUT2D eigenvalue weighted by Crippen LogP contribution is 1.91. The van der Waals surface area contributed by atoms with Crippen molar-refractivity contribution in [3.8, 4) is 0 Å². The first-order chi connectivity index (χ1) is 6.22. The molecule has 1 aromatic heterocycles. The predicted molar refractivity (Wildman–Crippen MR) is 49.0 cm³/mol.